The van der Waals surface area contributed by atoms with E-state index in [9.17, 15) is 10.2 Å². The predicted molar refractivity (Wildman–Crippen MR) is 67.2 cm³/mol. The van der Waals surface area contributed by atoms with Crippen LogP contribution in [0, 0.1) is 0 Å². The highest BCUT2D eigenvalue weighted by atomic mass is 16.3. The van der Waals surface area contributed by atoms with E-state index in [4.69, 9.17) is 0 Å². The second kappa shape index (κ2) is 4.36. The van der Waals surface area contributed by atoms with Crippen LogP contribution in [0.15, 0.2) is 12.1 Å². The Hall–Kier alpha value is -1.18. The van der Waals surface area contributed by atoms with Gasteiger partial charge in [-0.3, -0.25) is 0 Å². The van der Waals surface area contributed by atoms with Gasteiger partial charge in [0.25, 0.3) is 0 Å². The van der Waals surface area contributed by atoms with Crippen molar-refractivity contribution >= 4 is 0 Å². The molecule has 2 heteroatoms. The molecule has 1 atom stereocenters. The summed E-state index contributed by atoms with van der Waals surface area (Å²) in [5, 5.41) is 19.6. The smallest absolute Gasteiger partial charge is 0.160 e. The minimum Gasteiger partial charge on any atom is -0.504 e. The Morgan fingerprint density at radius 1 is 1.19 bits per heavy atom. The first kappa shape index (κ1) is 12.9. The highest BCUT2D eigenvalue weighted by Crippen LogP contribution is 2.39. The van der Waals surface area contributed by atoms with Gasteiger partial charge in [-0.05, 0) is 29.4 Å². The van der Waals surface area contributed by atoms with Crippen molar-refractivity contribution in [1.29, 1.82) is 0 Å². The van der Waals surface area contributed by atoms with Crippen molar-refractivity contribution in [2.75, 3.05) is 0 Å². The summed E-state index contributed by atoms with van der Waals surface area (Å²) in [6.45, 7) is 10.4. The molecule has 0 radical (unpaired) electrons. The Balaban J connectivity index is 3.33. The monoisotopic (exact) mass is 222 g/mol. The van der Waals surface area contributed by atoms with Crippen molar-refractivity contribution in [2.24, 2.45) is 0 Å². The zero-order chi connectivity index (χ0) is 12.5. The number of aromatic hydroxyl groups is 2. The van der Waals surface area contributed by atoms with Gasteiger partial charge in [-0.15, -0.1) is 0 Å². The molecule has 0 aliphatic heterocycles. The minimum atomic E-state index is -0.0204. The zero-order valence-corrected chi connectivity index (χ0v) is 10.8. The summed E-state index contributed by atoms with van der Waals surface area (Å²) in [5.74, 6) is 0.276. The summed E-state index contributed by atoms with van der Waals surface area (Å²) in [6.07, 6.45) is 0.945. The Labute approximate surface area is 97.9 Å². The predicted octanol–water partition coefficient (Wildman–Crippen LogP) is 3.91. The van der Waals surface area contributed by atoms with E-state index in [0.29, 0.717) is 0 Å². The molecule has 1 aromatic carbocycles. The van der Waals surface area contributed by atoms with Crippen molar-refractivity contribution in [2.45, 2.75) is 52.4 Å². The van der Waals surface area contributed by atoms with Gasteiger partial charge in [-0.25, -0.2) is 0 Å². The lowest BCUT2D eigenvalue weighted by Crippen LogP contribution is -2.11. The van der Waals surface area contributed by atoms with Crippen molar-refractivity contribution in [3.63, 3.8) is 0 Å². The molecule has 0 heterocycles. The molecule has 0 fully saturated rings. The van der Waals surface area contributed by atoms with Crippen LogP contribution in [0.4, 0.5) is 0 Å². The second-order valence-corrected chi connectivity index (χ2v) is 5.49. The fraction of sp³-hybridized carbons (Fsp3) is 0.571. The highest BCUT2D eigenvalue weighted by molar-refractivity contribution is 5.50. The molecule has 0 aliphatic carbocycles. The van der Waals surface area contributed by atoms with E-state index in [-0.39, 0.29) is 22.8 Å². The lowest BCUT2D eigenvalue weighted by atomic mass is 9.83. The molecular formula is C14H22O2. The van der Waals surface area contributed by atoms with E-state index in [1.807, 2.05) is 6.07 Å². The summed E-state index contributed by atoms with van der Waals surface area (Å²) in [6, 6.07) is 3.66. The Morgan fingerprint density at radius 3 is 2.19 bits per heavy atom. The molecule has 0 spiro atoms. The summed E-state index contributed by atoms with van der Waals surface area (Å²) in [5.41, 5.74) is 1.87. The quantitative estimate of drug-likeness (QED) is 0.745. The van der Waals surface area contributed by atoms with Crippen molar-refractivity contribution in [3.8, 4) is 11.5 Å². The molecule has 2 nitrogen and oxygen atoms in total. The van der Waals surface area contributed by atoms with Crippen molar-refractivity contribution in [3.05, 3.63) is 23.3 Å². The summed E-state index contributed by atoms with van der Waals surface area (Å²) in [7, 11) is 0. The zero-order valence-electron chi connectivity index (χ0n) is 10.8. The van der Waals surface area contributed by atoms with Crippen LogP contribution >= 0.6 is 0 Å². The Morgan fingerprint density at radius 2 is 1.75 bits per heavy atom. The molecule has 0 saturated heterocycles. The van der Waals surface area contributed by atoms with E-state index >= 15 is 0 Å². The van der Waals surface area contributed by atoms with Crippen LogP contribution in [-0.2, 0) is 5.41 Å². The lowest BCUT2D eigenvalue weighted by molar-refractivity contribution is 0.393. The Kier molecular flexibility index (Phi) is 3.51. The van der Waals surface area contributed by atoms with Crippen LogP contribution in [0.25, 0.3) is 0 Å². The van der Waals surface area contributed by atoms with Crippen LogP contribution in [0.2, 0.25) is 0 Å². The van der Waals surface area contributed by atoms with Crippen LogP contribution in [-0.4, -0.2) is 10.2 Å². The maximum Gasteiger partial charge on any atom is 0.160 e. The molecule has 0 amide bonds. The van der Waals surface area contributed by atoms with Gasteiger partial charge in [0.2, 0.25) is 0 Å². The number of phenolic OH excluding ortho intramolecular Hbond substituents is 2. The van der Waals surface area contributed by atoms with E-state index in [0.717, 1.165) is 17.5 Å². The van der Waals surface area contributed by atoms with Gasteiger partial charge in [-0.1, -0.05) is 40.7 Å². The van der Waals surface area contributed by atoms with E-state index in [1.165, 1.54) is 0 Å². The molecule has 16 heavy (non-hydrogen) atoms. The van der Waals surface area contributed by atoms with Gasteiger partial charge in [0.1, 0.15) is 0 Å². The van der Waals surface area contributed by atoms with E-state index in [2.05, 4.69) is 34.6 Å². The molecular weight excluding hydrogens is 200 g/mol. The van der Waals surface area contributed by atoms with Crippen LogP contribution < -0.4 is 0 Å². The number of rotatable bonds is 2. The summed E-state index contributed by atoms with van der Waals surface area (Å²) < 4.78 is 0. The normalized spacial score (nSPS) is 13.8. The number of phenols is 2. The molecule has 1 rings (SSSR count). The molecule has 0 saturated carbocycles. The van der Waals surface area contributed by atoms with Crippen LogP contribution in [0.3, 0.4) is 0 Å². The maximum absolute atomic E-state index is 9.84. The van der Waals surface area contributed by atoms with Gasteiger partial charge in [0, 0.05) is 5.56 Å². The molecule has 0 bridgehead atoms. The number of hydrogen-bond acceptors (Lipinski definition) is 2. The molecule has 1 unspecified atom stereocenters. The van der Waals surface area contributed by atoms with E-state index < -0.39 is 0 Å². The maximum atomic E-state index is 9.84. The van der Waals surface area contributed by atoms with Crippen LogP contribution in [0.1, 0.15) is 58.1 Å². The summed E-state index contributed by atoms with van der Waals surface area (Å²) >= 11 is 0. The van der Waals surface area contributed by atoms with Gasteiger partial charge in [-0.2, -0.15) is 0 Å². The van der Waals surface area contributed by atoms with Gasteiger partial charge in [0.15, 0.2) is 11.5 Å². The van der Waals surface area contributed by atoms with Gasteiger partial charge >= 0.3 is 0 Å². The molecule has 90 valence electrons. The third-order valence-electron chi connectivity index (χ3n) is 3.13. The average Bonchev–Trinajstić information content (AvgIpc) is 2.19. The Bertz CT molecular complexity index is 375. The van der Waals surface area contributed by atoms with Crippen molar-refractivity contribution < 1.29 is 10.2 Å². The molecule has 1 aromatic rings. The molecule has 0 aromatic heterocycles. The lowest BCUT2D eigenvalue weighted by Gasteiger charge is -2.22. The second-order valence-electron chi connectivity index (χ2n) is 5.49. The first-order valence-electron chi connectivity index (χ1n) is 5.83. The first-order valence-corrected chi connectivity index (χ1v) is 5.83. The molecule has 0 aliphatic rings. The topological polar surface area (TPSA) is 40.5 Å². The number of benzene rings is 1. The van der Waals surface area contributed by atoms with Gasteiger partial charge < -0.3 is 10.2 Å². The minimum absolute atomic E-state index is 0.0114. The van der Waals surface area contributed by atoms with Crippen molar-refractivity contribution in [1.82, 2.24) is 0 Å². The molecule has 2 N–H and O–H groups in total. The van der Waals surface area contributed by atoms with Gasteiger partial charge in [0.05, 0.1) is 0 Å². The van der Waals surface area contributed by atoms with E-state index in [1.54, 1.807) is 6.07 Å². The SMILES string of the molecule is CCC(C)c1cc(C(C)(C)C)cc(O)c1O. The summed E-state index contributed by atoms with van der Waals surface area (Å²) in [4.78, 5) is 0. The van der Waals surface area contributed by atoms with Crippen LogP contribution in [0.5, 0.6) is 11.5 Å². The number of hydrogen-bond donors (Lipinski definition) is 2. The fourth-order valence-electron chi connectivity index (χ4n) is 1.67. The average molecular weight is 222 g/mol. The largest absolute Gasteiger partial charge is 0.504 e. The highest BCUT2D eigenvalue weighted by Gasteiger charge is 2.20. The standard InChI is InChI=1S/C14H22O2/c1-6-9(2)11-7-10(14(3,4)5)8-12(15)13(11)16/h7-9,15-16H,6H2,1-5H3. The third-order valence-corrected chi connectivity index (χ3v) is 3.13. The first-order chi connectivity index (χ1) is 7.27. The fourth-order valence-corrected chi connectivity index (χ4v) is 1.67. The third kappa shape index (κ3) is 2.49.